The van der Waals surface area contributed by atoms with Crippen molar-refractivity contribution in [2.24, 2.45) is 0 Å². The number of nitrogen functional groups attached to an aromatic ring is 1. The molecule has 1 aromatic carbocycles. The molecule has 0 bridgehead atoms. The molecule has 0 aliphatic carbocycles. The highest BCUT2D eigenvalue weighted by Crippen LogP contribution is 2.31. The van der Waals surface area contributed by atoms with Crippen LogP contribution in [0.1, 0.15) is 0 Å². The molecule has 5 heteroatoms. The van der Waals surface area contributed by atoms with E-state index in [0.29, 0.717) is 23.2 Å². The van der Waals surface area contributed by atoms with E-state index in [1.54, 1.807) is 25.4 Å². The van der Waals surface area contributed by atoms with Gasteiger partial charge in [-0.1, -0.05) is 18.2 Å². The number of benzene rings is 1. The molecule has 2 N–H and O–H groups in total. The van der Waals surface area contributed by atoms with E-state index in [0.717, 1.165) is 10.9 Å². The monoisotopic (exact) mass is 267 g/mol. The maximum Gasteiger partial charge on any atom is 0.246 e. The third-order valence-corrected chi connectivity index (χ3v) is 2.88. The zero-order chi connectivity index (χ0) is 13.9. The highest BCUT2D eigenvalue weighted by atomic mass is 16.5. The number of hydrogen-bond acceptors (Lipinski definition) is 5. The van der Waals surface area contributed by atoms with E-state index >= 15 is 0 Å². The van der Waals surface area contributed by atoms with Crippen molar-refractivity contribution in [3.05, 3.63) is 48.7 Å². The van der Waals surface area contributed by atoms with Crippen LogP contribution in [-0.2, 0) is 0 Å². The summed E-state index contributed by atoms with van der Waals surface area (Å²) in [6.07, 6.45) is 1.72. The van der Waals surface area contributed by atoms with Crippen molar-refractivity contribution in [3.63, 3.8) is 0 Å². The van der Waals surface area contributed by atoms with Crippen LogP contribution >= 0.6 is 0 Å². The molecule has 3 aromatic rings. The van der Waals surface area contributed by atoms with E-state index in [1.165, 1.54) is 0 Å². The van der Waals surface area contributed by atoms with Crippen LogP contribution in [0.15, 0.2) is 48.7 Å². The molecule has 0 unspecified atom stereocenters. The second-order valence-corrected chi connectivity index (χ2v) is 4.18. The first-order chi connectivity index (χ1) is 9.78. The van der Waals surface area contributed by atoms with Gasteiger partial charge in [0.25, 0.3) is 0 Å². The Morgan fingerprint density at radius 3 is 2.75 bits per heavy atom. The van der Waals surface area contributed by atoms with Crippen molar-refractivity contribution >= 4 is 16.6 Å². The molecule has 3 rings (SSSR count). The maximum absolute atomic E-state index is 5.87. The molecule has 0 saturated carbocycles. The molecule has 0 aliphatic heterocycles. The summed E-state index contributed by atoms with van der Waals surface area (Å²) in [5.74, 6) is 1.36. The van der Waals surface area contributed by atoms with Gasteiger partial charge in [-0.3, -0.25) is 4.98 Å². The Hall–Kier alpha value is -2.82. The summed E-state index contributed by atoms with van der Waals surface area (Å²) in [6, 6.07) is 12.9. The van der Waals surface area contributed by atoms with Crippen LogP contribution in [0.4, 0.5) is 5.69 Å². The quantitative estimate of drug-likeness (QED) is 0.789. The number of nitrogens with zero attached hydrogens (tertiary/aromatic N) is 2. The fourth-order valence-electron chi connectivity index (χ4n) is 1.89. The zero-order valence-electron chi connectivity index (χ0n) is 10.9. The summed E-state index contributed by atoms with van der Waals surface area (Å²) in [4.78, 5) is 8.52. The van der Waals surface area contributed by atoms with Crippen molar-refractivity contribution < 1.29 is 9.47 Å². The van der Waals surface area contributed by atoms with Gasteiger partial charge in [0.2, 0.25) is 11.8 Å². The average Bonchev–Trinajstić information content (AvgIpc) is 2.50. The number of para-hydroxylation sites is 1. The largest absolute Gasteiger partial charge is 0.481 e. The number of fused-ring (bicyclic) bond motifs is 1. The smallest absolute Gasteiger partial charge is 0.246 e. The first kappa shape index (κ1) is 12.2. The van der Waals surface area contributed by atoms with Gasteiger partial charge >= 0.3 is 0 Å². The van der Waals surface area contributed by atoms with Crippen LogP contribution in [0.2, 0.25) is 0 Å². The summed E-state index contributed by atoms with van der Waals surface area (Å²) in [5, 5.41) is 0.992. The molecule has 0 atom stereocenters. The molecule has 5 nitrogen and oxygen atoms in total. The van der Waals surface area contributed by atoms with Crippen LogP contribution in [-0.4, -0.2) is 17.1 Å². The van der Waals surface area contributed by atoms with Gasteiger partial charge < -0.3 is 15.2 Å². The van der Waals surface area contributed by atoms with E-state index < -0.39 is 0 Å². The number of rotatable bonds is 3. The van der Waals surface area contributed by atoms with Crippen LogP contribution in [0, 0.1) is 0 Å². The first-order valence-electron chi connectivity index (χ1n) is 6.10. The Bertz CT molecular complexity index is 754. The molecule has 0 fully saturated rings. The second-order valence-electron chi connectivity index (χ2n) is 4.18. The lowest BCUT2D eigenvalue weighted by Gasteiger charge is -2.10. The minimum Gasteiger partial charge on any atom is -0.481 e. The number of hydrogen-bond donors (Lipinski definition) is 1. The van der Waals surface area contributed by atoms with Gasteiger partial charge in [0.05, 0.1) is 12.8 Å². The average molecular weight is 267 g/mol. The predicted octanol–water partition coefficient (Wildman–Crippen LogP) is 3.01. The van der Waals surface area contributed by atoms with Crippen molar-refractivity contribution in [3.8, 4) is 17.5 Å². The number of pyridine rings is 2. The lowest BCUT2D eigenvalue weighted by Crippen LogP contribution is -1.97. The predicted molar refractivity (Wildman–Crippen MR) is 77.0 cm³/mol. The minimum atomic E-state index is 0.308. The second kappa shape index (κ2) is 5.05. The summed E-state index contributed by atoms with van der Waals surface area (Å²) >= 11 is 0. The molecular formula is C15H13N3O2. The Kier molecular flexibility index (Phi) is 3.09. The number of aromatic nitrogens is 2. The van der Waals surface area contributed by atoms with E-state index in [2.05, 4.69) is 9.97 Å². The Labute approximate surface area is 116 Å². The van der Waals surface area contributed by atoms with Crippen molar-refractivity contribution in [1.82, 2.24) is 9.97 Å². The molecule has 0 radical (unpaired) electrons. The molecular weight excluding hydrogens is 254 g/mol. The van der Waals surface area contributed by atoms with Gasteiger partial charge in [-0.15, -0.1) is 0 Å². The summed E-state index contributed by atoms with van der Waals surface area (Å²) in [6.45, 7) is 0. The van der Waals surface area contributed by atoms with Crippen LogP contribution in [0.25, 0.3) is 10.9 Å². The van der Waals surface area contributed by atoms with Gasteiger partial charge in [0, 0.05) is 17.6 Å². The van der Waals surface area contributed by atoms with E-state index in [-0.39, 0.29) is 0 Å². The van der Waals surface area contributed by atoms with Gasteiger partial charge in [-0.05, 0) is 18.2 Å². The molecule has 0 amide bonds. The fourth-order valence-corrected chi connectivity index (χ4v) is 1.89. The summed E-state index contributed by atoms with van der Waals surface area (Å²) < 4.78 is 10.9. The van der Waals surface area contributed by atoms with Gasteiger partial charge in [-0.2, -0.15) is 4.98 Å². The summed E-state index contributed by atoms with van der Waals surface area (Å²) in [5.41, 5.74) is 7.08. The SMILES string of the molecule is COc1ccc(N)c(Oc2cccc3cccnc23)n1. The number of methoxy groups -OCH3 is 1. The number of anilines is 1. The molecule has 0 spiro atoms. The highest BCUT2D eigenvalue weighted by molar-refractivity contribution is 5.84. The molecule has 100 valence electrons. The molecule has 2 aromatic heterocycles. The molecule has 0 aliphatic rings. The maximum atomic E-state index is 5.87. The van der Waals surface area contributed by atoms with Gasteiger partial charge in [0.1, 0.15) is 5.52 Å². The normalized spacial score (nSPS) is 10.4. The minimum absolute atomic E-state index is 0.308. The number of ether oxygens (including phenoxy) is 2. The topological polar surface area (TPSA) is 70.3 Å². The Morgan fingerprint density at radius 1 is 1.05 bits per heavy atom. The lowest BCUT2D eigenvalue weighted by molar-refractivity contribution is 0.384. The first-order valence-corrected chi connectivity index (χ1v) is 6.10. The van der Waals surface area contributed by atoms with Crippen molar-refractivity contribution in [2.75, 3.05) is 12.8 Å². The van der Waals surface area contributed by atoms with E-state index in [4.69, 9.17) is 15.2 Å². The Balaban J connectivity index is 2.05. The number of nitrogens with two attached hydrogens (primary N) is 1. The van der Waals surface area contributed by atoms with Crippen LogP contribution in [0.3, 0.4) is 0 Å². The fraction of sp³-hybridized carbons (Fsp3) is 0.0667. The van der Waals surface area contributed by atoms with Gasteiger partial charge in [0.15, 0.2) is 5.75 Å². The van der Waals surface area contributed by atoms with Crippen LogP contribution < -0.4 is 15.2 Å². The zero-order valence-corrected chi connectivity index (χ0v) is 10.9. The molecule has 2 heterocycles. The third-order valence-electron chi connectivity index (χ3n) is 2.88. The molecule has 0 saturated heterocycles. The van der Waals surface area contributed by atoms with E-state index in [1.807, 2.05) is 30.3 Å². The van der Waals surface area contributed by atoms with Gasteiger partial charge in [-0.25, -0.2) is 0 Å². The van der Waals surface area contributed by atoms with Crippen molar-refractivity contribution in [1.29, 1.82) is 0 Å². The van der Waals surface area contributed by atoms with Crippen molar-refractivity contribution in [2.45, 2.75) is 0 Å². The highest BCUT2D eigenvalue weighted by Gasteiger charge is 2.09. The van der Waals surface area contributed by atoms with Crippen LogP contribution in [0.5, 0.6) is 17.5 Å². The Morgan fingerprint density at radius 2 is 1.90 bits per heavy atom. The standard InChI is InChI=1S/C15H13N3O2/c1-19-13-8-7-11(16)15(18-13)20-12-6-2-4-10-5-3-9-17-14(10)12/h2-9H,16H2,1H3. The third kappa shape index (κ3) is 2.21. The lowest BCUT2D eigenvalue weighted by atomic mass is 10.2. The summed E-state index contributed by atoms with van der Waals surface area (Å²) in [7, 11) is 1.54. The molecule has 20 heavy (non-hydrogen) atoms. The van der Waals surface area contributed by atoms with E-state index in [9.17, 15) is 0 Å².